The van der Waals surface area contributed by atoms with Crippen LogP contribution < -0.4 is 10.1 Å². The Morgan fingerprint density at radius 3 is 2.39 bits per heavy atom. The van der Waals surface area contributed by atoms with E-state index in [1.165, 1.54) is 0 Å². The number of hydrogen-bond acceptors (Lipinski definition) is 6. The molecule has 102 valence electrons. The number of rotatable bonds is 8. The third-order valence-electron chi connectivity index (χ3n) is 2.53. The number of nitrogens with zero attached hydrogens (tertiary/aromatic N) is 2. The Bertz CT molecular complexity index is 345. The summed E-state index contributed by atoms with van der Waals surface area (Å²) in [4.78, 5) is 8.45. The normalized spacial score (nSPS) is 12.7. The van der Waals surface area contributed by atoms with Gasteiger partial charge in [-0.15, -0.1) is 0 Å². The molecular weight excluding hydrogens is 234 g/mol. The van der Waals surface area contributed by atoms with E-state index in [1.807, 2.05) is 0 Å². The van der Waals surface area contributed by atoms with Gasteiger partial charge in [-0.25, -0.2) is 4.98 Å². The van der Waals surface area contributed by atoms with Crippen molar-refractivity contribution in [3.63, 3.8) is 0 Å². The standard InChI is InChI=1S/C12H21N3O3/c1-5-6-13-10(12(17-3)18-4)9-11(16-2)15-8-7-14-9/h7-8,10,12-13H,5-6H2,1-4H3. The number of nitrogens with one attached hydrogen (secondary N) is 1. The summed E-state index contributed by atoms with van der Waals surface area (Å²) in [6, 6.07) is -0.219. The van der Waals surface area contributed by atoms with Gasteiger partial charge in [0.1, 0.15) is 11.7 Å². The molecule has 0 bridgehead atoms. The molecular formula is C12H21N3O3. The zero-order valence-corrected chi connectivity index (χ0v) is 11.3. The van der Waals surface area contributed by atoms with Crippen molar-refractivity contribution in [2.24, 2.45) is 0 Å². The number of hydrogen-bond donors (Lipinski definition) is 1. The molecule has 0 radical (unpaired) electrons. The molecule has 0 amide bonds. The van der Waals surface area contributed by atoms with Crippen molar-refractivity contribution in [2.75, 3.05) is 27.9 Å². The lowest BCUT2D eigenvalue weighted by atomic mass is 10.2. The maximum atomic E-state index is 5.30. The molecule has 0 saturated carbocycles. The second kappa shape index (κ2) is 7.97. The summed E-state index contributed by atoms with van der Waals surface area (Å²) in [6.45, 7) is 2.92. The molecule has 1 rings (SSSR count). The SMILES string of the molecule is CCCNC(c1nccnc1OC)C(OC)OC. The van der Waals surface area contributed by atoms with E-state index in [2.05, 4.69) is 22.2 Å². The Labute approximate surface area is 108 Å². The molecule has 0 fully saturated rings. The quantitative estimate of drug-likeness (QED) is 0.703. The second-order valence-electron chi connectivity index (χ2n) is 3.72. The average Bonchev–Trinajstić information content (AvgIpc) is 2.43. The van der Waals surface area contributed by atoms with E-state index < -0.39 is 6.29 Å². The van der Waals surface area contributed by atoms with E-state index in [9.17, 15) is 0 Å². The van der Waals surface area contributed by atoms with Gasteiger partial charge in [-0.2, -0.15) is 0 Å². The van der Waals surface area contributed by atoms with Crippen molar-refractivity contribution in [2.45, 2.75) is 25.7 Å². The van der Waals surface area contributed by atoms with Gasteiger partial charge in [-0.1, -0.05) is 6.92 Å². The highest BCUT2D eigenvalue weighted by atomic mass is 16.7. The third-order valence-corrected chi connectivity index (χ3v) is 2.53. The second-order valence-corrected chi connectivity index (χ2v) is 3.72. The zero-order valence-electron chi connectivity index (χ0n) is 11.3. The van der Waals surface area contributed by atoms with Crippen molar-refractivity contribution in [3.8, 4) is 5.88 Å². The molecule has 0 aliphatic heterocycles. The maximum Gasteiger partial charge on any atom is 0.237 e. The van der Waals surface area contributed by atoms with E-state index in [4.69, 9.17) is 14.2 Å². The molecule has 0 aromatic carbocycles. The Morgan fingerprint density at radius 1 is 1.17 bits per heavy atom. The van der Waals surface area contributed by atoms with Crippen LogP contribution >= 0.6 is 0 Å². The van der Waals surface area contributed by atoms with Gasteiger partial charge < -0.3 is 19.5 Å². The minimum Gasteiger partial charge on any atom is -0.480 e. The average molecular weight is 255 g/mol. The molecule has 1 atom stereocenters. The first-order valence-electron chi connectivity index (χ1n) is 5.92. The molecule has 1 aromatic rings. The predicted molar refractivity (Wildman–Crippen MR) is 67.4 cm³/mol. The summed E-state index contributed by atoms with van der Waals surface area (Å²) >= 11 is 0. The van der Waals surface area contributed by atoms with Gasteiger partial charge in [-0.3, -0.25) is 4.98 Å². The van der Waals surface area contributed by atoms with Crippen molar-refractivity contribution in [1.29, 1.82) is 0 Å². The van der Waals surface area contributed by atoms with Crippen LogP contribution in [0.3, 0.4) is 0 Å². The van der Waals surface area contributed by atoms with Crippen LogP contribution in [0.25, 0.3) is 0 Å². The molecule has 1 aromatic heterocycles. The van der Waals surface area contributed by atoms with E-state index in [0.29, 0.717) is 11.6 Å². The molecule has 0 aliphatic rings. The fourth-order valence-electron chi connectivity index (χ4n) is 1.70. The van der Waals surface area contributed by atoms with Crippen LogP contribution in [0.2, 0.25) is 0 Å². The number of ether oxygens (including phenoxy) is 3. The van der Waals surface area contributed by atoms with Crippen molar-refractivity contribution in [3.05, 3.63) is 18.1 Å². The first-order chi connectivity index (χ1) is 8.78. The van der Waals surface area contributed by atoms with E-state index in [1.54, 1.807) is 33.7 Å². The van der Waals surface area contributed by atoms with E-state index in [-0.39, 0.29) is 6.04 Å². The van der Waals surface area contributed by atoms with Gasteiger partial charge in [0.05, 0.1) is 7.11 Å². The Morgan fingerprint density at radius 2 is 1.83 bits per heavy atom. The van der Waals surface area contributed by atoms with Gasteiger partial charge >= 0.3 is 0 Å². The highest BCUT2D eigenvalue weighted by Gasteiger charge is 2.27. The molecule has 18 heavy (non-hydrogen) atoms. The Balaban J connectivity index is 2.99. The van der Waals surface area contributed by atoms with Crippen LogP contribution in [0, 0.1) is 0 Å². The first-order valence-corrected chi connectivity index (χ1v) is 5.92. The third kappa shape index (κ3) is 3.63. The molecule has 1 heterocycles. The monoisotopic (exact) mass is 255 g/mol. The van der Waals surface area contributed by atoms with Gasteiger partial charge in [0, 0.05) is 26.6 Å². The zero-order chi connectivity index (χ0) is 13.4. The molecule has 0 aliphatic carbocycles. The van der Waals surface area contributed by atoms with Gasteiger partial charge in [0.15, 0.2) is 6.29 Å². The van der Waals surface area contributed by atoms with Gasteiger partial charge in [0.25, 0.3) is 0 Å². The summed E-state index contributed by atoms with van der Waals surface area (Å²) < 4.78 is 15.8. The van der Waals surface area contributed by atoms with Crippen LogP contribution in [0.1, 0.15) is 25.1 Å². The van der Waals surface area contributed by atoms with Crippen LogP contribution in [-0.2, 0) is 9.47 Å². The Hall–Kier alpha value is -1.24. The summed E-state index contributed by atoms with van der Waals surface area (Å²) in [5, 5.41) is 3.33. The maximum absolute atomic E-state index is 5.30. The van der Waals surface area contributed by atoms with Crippen molar-refractivity contribution >= 4 is 0 Å². The van der Waals surface area contributed by atoms with E-state index in [0.717, 1.165) is 13.0 Å². The van der Waals surface area contributed by atoms with Gasteiger partial charge in [0.2, 0.25) is 5.88 Å². The summed E-state index contributed by atoms with van der Waals surface area (Å²) in [5.74, 6) is 0.477. The summed E-state index contributed by atoms with van der Waals surface area (Å²) in [5.41, 5.74) is 0.683. The lowest BCUT2D eigenvalue weighted by molar-refractivity contribution is -0.125. The highest BCUT2D eigenvalue weighted by molar-refractivity contribution is 5.21. The minimum atomic E-state index is -0.442. The molecule has 1 unspecified atom stereocenters. The lowest BCUT2D eigenvalue weighted by Crippen LogP contribution is -2.36. The molecule has 0 spiro atoms. The summed E-state index contributed by atoms with van der Waals surface area (Å²) in [7, 11) is 4.76. The largest absolute Gasteiger partial charge is 0.480 e. The molecule has 6 heteroatoms. The smallest absolute Gasteiger partial charge is 0.237 e. The van der Waals surface area contributed by atoms with Crippen LogP contribution in [0.15, 0.2) is 12.4 Å². The minimum absolute atomic E-state index is 0.219. The first kappa shape index (κ1) is 14.8. The summed E-state index contributed by atoms with van der Waals surface area (Å²) in [6.07, 6.45) is 3.77. The fourth-order valence-corrected chi connectivity index (χ4v) is 1.70. The lowest BCUT2D eigenvalue weighted by Gasteiger charge is -2.25. The molecule has 6 nitrogen and oxygen atoms in total. The number of aromatic nitrogens is 2. The predicted octanol–water partition coefficient (Wildman–Crippen LogP) is 1.14. The van der Waals surface area contributed by atoms with Crippen LogP contribution in [0.4, 0.5) is 0 Å². The Kier molecular flexibility index (Phi) is 6.56. The highest BCUT2D eigenvalue weighted by Crippen LogP contribution is 2.24. The van der Waals surface area contributed by atoms with E-state index >= 15 is 0 Å². The van der Waals surface area contributed by atoms with Crippen molar-refractivity contribution < 1.29 is 14.2 Å². The number of methoxy groups -OCH3 is 3. The molecule has 1 N–H and O–H groups in total. The van der Waals surface area contributed by atoms with Crippen LogP contribution in [-0.4, -0.2) is 44.1 Å². The van der Waals surface area contributed by atoms with Crippen molar-refractivity contribution in [1.82, 2.24) is 15.3 Å². The fraction of sp³-hybridized carbons (Fsp3) is 0.667. The van der Waals surface area contributed by atoms with Crippen LogP contribution in [0.5, 0.6) is 5.88 Å². The topological polar surface area (TPSA) is 65.5 Å². The molecule has 0 saturated heterocycles. The van der Waals surface area contributed by atoms with Gasteiger partial charge in [-0.05, 0) is 13.0 Å².